The molecule has 0 amide bonds. The van der Waals surface area contributed by atoms with Crippen molar-refractivity contribution in [2.24, 2.45) is 5.41 Å². The standard InChI is InChI=1S/C20H25N3O/c1-19(2,3)13-20(4,5)14-10-11-17(18(24)12-14)23-21-15-8-6-7-9-16(15)22-23/h6-12,24H,13H2,1-5H3. The number of hydrogen-bond acceptors (Lipinski definition) is 3. The molecule has 0 fully saturated rings. The van der Waals surface area contributed by atoms with Crippen LogP contribution < -0.4 is 0 Å². The van der Waals surface area contributed by atoms with Gasteiger partial charge >= 0.3 is 0 Å². The molecule has 126 valence electrons. The van der Waals surface area contributed by atoms with Crippen molar-refractivity contribution in [1.82, 2.24) is 15.0 Å². The summed E-state index contributed by atoms with van der Waals surface area (Å²) in [7, 11) is 0. The van der Waals surface area contributed by atoms with Crippen LogP contribution in [0.5, 0.6) is 5.75 Å². The number of benzene rings is 2. The van der Waals surface area contributed by atoms with Crippen LogP contribution in [0, 0.1) is 5.41 Å². The second-order valence-electron chi connectivity index (χ2n) is 8.30. The van der Waals surface area contributed by atoms with Gasteiger partial charge in [-0.3, -0.25) is 0 Å². The number of rotatable bonds is 3. The summed E-state index contributed by atoms with van der Waals surface area (Å²) >= 11 is 0. The van der Waals surface area contributed by atoms with Gasteiger partial charge < -0.3 is 5.11 Å². The zero-order valence-electron chi connectivity index (χ0n) is 15.0. The predicted molar refractivity (Wildman–Crippen MR) is 97.6 cm³/mol. The molecule has 4 heteroatoms. The van der Waals surface area contributed by atoms with E-state index in [1.54, 1.807) is 0 Å². The topological polar surface area (TPSA) is 50.9 Å². The van der Waals surface area contributed by atoms with Gasteiger partial charge in [-0.1, -0.05) is 52.8 Å². The Bertz CT molecular complexity index is 839. The zero-order valence-corrected chi connectivity index (χ0v) is 15.0. The van der Waals surface area contributed by atoms with Crippen LogP contribution in [-0.4, -0.2) is 20.1 Å². The highest BCUT2D eigenvalue weighted by Crippen LogP contribution is 2.38. The van der Waals surface area contributed by atoms with Gasteiger partial charge in [0, 0.05) is 0 Å². The Balaban J connectivity index is 1.98. The first-order valence-corrected chi connectivity index (χ1v) is 8.32. The van der Waals surface area contributed by atoms with Gasteiger partial charge in [0.05, 0.1) is 0 Å². The van der Waals surface area contributed by atoms with Gasteiger partial charge in [0.2, 0.25) is 0 Å². The lowest BCUT2D eigenvalue weighted by atomic mass is 9.72. The third-order valence-electron chi connectivity index (χ3n) is 4.23. The third-order valence-corrected chi connectivity index (χ3v) is 4.23. The highest BCUT2D eigenvalue weighted by Gasteiger charge is 2.28. The molecule has 2 aromatic carbocycles. The molecule has 0 saturated carbocycles. The van der Waals surface area contributed by atoms with Gasteiger partial charge in [0.15, 0.2) is 0 Å². The van der Waals surface area contributed by atoms with Crippen molar-refractivity contribution in [2.45, 2.75) is 46.5 Å². The summed E-state index contributed by atoms with van der Waals surface area (Å²) in [6.07, 6.45) is 1.03. The Hall–Kier alpha value is -2.36. The van der Waals surface area contributed by atoms with Crippen molar-refractivity contribution in [3.63, 3.8) is 0 Å². The highest BCUT2D eigenvalue weighted by atomic mass is 16.3. The summed E-state index contributed by atoms with van der Waals surface area (Å²) in [5.41, 5.74) is 3.55. The number of hydrogen-bond donors (Lipinski definition) is 1. The van der Waals surface area contributed by atoms with Gasteiger partial charge in [0.1, 0.15) is 22.5 Å². The minimum Gasteiger partial charge on any atom is -0.506 e. The molecule has 0 radical (unpaired) electrons. The first kappa shape index (κ1) is 16.5. The molecule has 3 rings (SSSR count). The lowest BCUT2D eigenvalue weighted by Crippen LogP contribution is -2.24. The first-order chi connectivity index (χ1) is 11.2. The van der Waals surface area contributed by atoms with Crippen LogP contribution in [0.25, 0.3) is 16.7 Å². The molecule has 1 heterocycles. The molecule has 0 atom stereocenters. The number of aromatic nitrogens is 3. The lowest BCUT2D eigenvalue weighted by Gasteiger charge is -2.33. The van der Waals surface area contributed by atoms with Crippen LogP contribution >= 0.6 is 0 Å². The molecule has 0 unspecified atom stereocenters. The normalized spacial score (nSPS) is 12.7. The molecule has 24 heavy (non-hydrogen) atoms. The van der Waals surface area contributed by atoms with Crippen LogP contribution in [-0.2, 0) is 5.41 Å². The SMILES string of the molecule is CC(C)(C)CC(C)(C)c1ccc(-n2nc3ccccc3n2)c(O)c1. The predicted octanol–water partition coefficient (Wildman–Crippen LogP) is 4.84. The van der Waals surface area contributed by atoms with Crippen LogP contribution in [0.4, 0.5) is 0 Å². The van der Waals surface area contributed by atoms with Crippen molar-refractivity contribution in [1.29, 1.82) is 0 Å². The summed E-state index contributed by atoms with van der Waals surface area (Å²) in [6, 6.07) is 13.5. The van der Waals surface area contributed by atoms with Crippen molar-refractivity contribution in [2.75, 3.05) is 0 Å². The molecule has 3 aromatic rings. The van der Waals surface area contributed by atoms with E-state index in [0.29, 0.717) is 5.69 Å². The summed E-state index contributed by atoms with van der Waals surface area (Å²) < 4.78 is 0. The molecular weight excluding hydrogens is 298 g/mol. The van der Waals surface area contributed by atoms with Crippen molar-refractivity contribution < 1.29 is 5.11 Å². The maximum atomic E-state index is 10.5. The second kappa shape index (κ2) is 5.62. The van der Waals surface area contributed by atoms with Crippen LogP contribution in [0.2, 0.25) is 0 Å². The molecule has 0 spiro atoms. The number of phenolic OH excluding ortho intramolecular Hbond substituents is 1. The van der Waals surface area contributed by atoms with Crippen LogP contribution in [0.1, 0.15) is 46.6 Å². The summed E-state index contributed by atoms with van der Waals surface area (Å²) in [6.45, 7) is 11.1. The molecule has 1 aromatic heterocycles. The van der Waals surface area contributed by atoms with Gasteiger partial charge in [-0.25, -0.2) is 0 Å². The Morgan fingerprint density at radius 3 is 2.00 bits per heavy atom. The Morgan fingerprint density at radius 1 is 0.917 bits per heavy atom. The minimum absolute atomic E-state index is 0.0173. The molecule has 4 nitrogen and oxygen atoms in total. The minimum atomic E-state index is -0.0173. The monoisotopic (exact) mass is 323 g/mol. The Kier molecular flexibility index (Phi) is 3.86. The highest BCUT2D eigenvalue weighted by molar-refractivity contribution is 5.73. The second-order valence-corrected chi connectivity index (χ2v) is 8.30. The maximum absolute atomic E-state index is 10.5. The van der Waals surface area contributed by atoms with E-state index in [-0.39, 0.29) is 16.6 Å². The van der Waals surface area contributed by atoms with E-state index in [9.17, 15) is 5.11 Å². The number of phenols is 1. The van der Waals surface area contributed by atoms with Crippen molar-refractivity contribution >= 4 is 11.0 Å². The van der Waals surface area contributed by atoms with E-state index >= 15 is 0 Å². The molecule has 1 N–H and O–H groups in total. The molecule has 0 bridgehead atoms. The Labute approximate surface area is 143 Å². The van der Waals surface area contributed by atoms with Gasteiger partial charge in [-0.15, -0.1) is 15.0 Å². The van der Waals surface area contributed by atoms with E-state index in [1.807, 2.05) is 36.4 Å². The van der Waals surface area contributed by atoms with Gasteiger partial charge in [-0.05, 0) is 47.1 Å². The summed E-state index contributed by atoms with van der Waals surface area (Å²) in [5, 5.41) is 19.4. The van der Waals surface area contributed by atoms with Crippen LogP contribution in [0.3, 0.4) is 0 Å². The molecule has 0 saturated heterocycles. The summed E-state index contributed by atoms with van der Waals surface area (Å²) in [5.74, 6) is 0.204. The number of aromatic hydroxyl groups is 1. The average molecular weight is 323 g/mol. The average Bonchev–Trinajstić information content (AvgIpc) is 2.88. The van der Waals surface area contributed by atoms with Crippen molar-refractivity contribution in [3.8, 4) is 11.4 Å². The third kappa shape index (κ3) is 3.28. The van der Waals surface area contributed by atoms with Gasteiger partial charge in [-0.2, -0.15) is 0 Å². The van der Waals surface area contributed by atoms with E-state index in [4.69, 9.17) is 0 Å². The quantitative estimate of drug-likeness (QED) is 0.750. The zero-order chi connectivity index (χ0) is 17.5. The van der Waals surface area contributed by atoms with Gasteiger partial charge in [0.25, 0.3) is 0 Å². The fourth-order valence-electron chi connectivity index (χ4n) is 3.51. The fraction of sp³-hybridized carbons (Fsp3) is 0.400. The summed E-state index contributed by atoms with van der Waals surface area (Å²) in [4.78, 5) is 1.50. The number of nitrogens with zero attached hydrogens (tertiary/aromatic N) is 3. The number of fused-ring (bicyclic) bond motifs is 1. The fourth-order valence-corrected chi connectivity index (χ4v) is 3.51. The van der Waals surface area contributed by atoms with E-state index in [2.05, 4.69) is 50.9 Å². The molecule has 0 aliphatic carbocycles. The maximum Gasteiger partial charge on any atom is 0.143 e. The lowest BCUT2D eigenvalue weighted by molar-refractivity contribution is 0.283. The smallest absolute Gasteiger partial charge is 0.143 e. The molecule has 0 aliphatic heterocycles. The first-order valence-electron chi connectivity index (χ1n) is 8.32. The van der Waals surface area contributed by atoms with E-state index in [0.717, 1.165) is 23.0 Å². The van der Waals surface area contributed by atoms with Crippen LogP contribution in [0.15, 0.2) is 42.5 Å². The van der Waals surface area contributed by atoms with E-state index in [1.165, 1.54) is 4.80 Å². The molecular formula is C20H25N3O. The van der Waals surface area contributed by atoms with E-state index < -0.39 is 0 Å². The van der Waals surface area contributed by atoms with Crippen molar-refractivity contribution in [3.05, 3.63) is 48.0 Å². The molecule has 0 aliphatic rings. The Morgan fingerprint density at radius 2 is 1.50 bits per heavy atom. The largest absolute Gasteiger partial charge is 0.506 e.